The first-order chi connectivity index (χ1) is 14.7. The van der Waals surface area contributed by atoms with Gasteiger partial charge in [-0.15, -0.1) is 0 Å². The third kappa shape index (κ3) is 5.99. The number of imide groups is 1. The minimum Gasteiger partial charge on any atom is -0.307 e. The summed E-state index contributed by atoms with van der Waals surface area (Å²) in [6.45, 7) is 6.38. The average molecular weight is 475 g/mol. The fourth-order valence-corrected chi connectivity index (χ4v) is 6.51. The fraction of sp³-hybridized carbons (Fsp3) is 0.474. The SMILES string of the molecule is CCOP(=O)(OCC)OC(c1ccccc1N1C(=O)C=CC1=O)P(=O)(OCC)OCC. The molecule has 0 saturated carbocycles. The highest BCUT2D eigenvalue weighted by Gasteiger charge is 2.46. The number of carbonyl (C=O) groups excluding carboxylic acids is 2. The lowest BCUT2D eigenvalue weighted by Gasteiger charge is -2.31. The van der Waals surface area contributed by atoms with Gasteiger partial charge in [0.1, 0.15) is 0 Å². The van der Waals surface area contributed by atoms with Crippen molar-refractivity contribution in [3.05, 3.63) is 42.0 Å². The number of hydrogen-bond donors (Lipinski definition) is 0. The largest absolute Gasteiger partial charge is 0.475 e. The van der Waals surface area contributed by atoms with E-state index in [1.54, 1.807) is 39.8 Å². The maximum Gasteiger partial charge on any atom is 0.475 e. The minimum atomic E-state index is -4.20. The van der Waals surface area contributed by atoms with Crippen molar-refractivity contribution in [1.29, 1.82) is 0 Å². The van der Waals surface area contributed by atoms with Gasteiger partial charge in [-0.2, -0.15) is 0 Å². The molecule has 10 nitrogen and oxygen atoms in total. The Labute approximate surface area is 181 Å². The van der Waals surface area contributed by atoms with Gasteiger partial charge in [-0.3, -0.25) is 27.7 Å². The molecule has 1 aliphatic heterocycles. The van der Waals surface area contributed by atoms with E-state index < -0.39 is 33.1 Å². The summed E-state index contributed by atoms with van der Waals surface area (Å²) >= 11 is 0. The second kappa shape index (κ2) is 11.3. The van der Waals surface area contributed by atoms with Gasteiger partial charge >= 0.3 is 15.4 Å². The van der Waals surface area contributed by atoms with Crippen LogP contribution < -0.4 is 4.90 Å². The van der Waals surface area contributed by atoms with Crippen molar-refractivity contribution in [2.45, 2.75) is 33.5 Å². The molecule has 0 aliphatic carbocycles. The second-order valence-electron chi connectivity index (χ2n) is 6.02. The summed E-state index contributed by atoms with van der Waals surface area (Å²) in [5.41, 5.74) is 0.185. The predicted octanol–water partition coefficient (Wildman–Crippen LogP) is 4.58. The molecule has 2 amide bonds. The zero-order chi connectivity index (χ0) is 23.1. The van der Waals surface area contributed by atoms with Crippen molar-refractivity contribution in [2.75, 3.05) is 31.3 Å². The molecule has 0 spiro atoms. The Morgan fingerprint density at radius 1 is 0.806 bits per heavy atom. The third-order valence-corrected chi connectivity index (χ3v) is 7.94. The number of carbonyl (C=O) groups is 2. The van der Waals surface area contributed by atoms with E-state index in [2.05, 4.69) is 0 Å². The van der Waals surface area contributed by atoms with Crippen molar-refractivity contribution in [1.82, 2.24) is 0 Å². The first kappa shape index (κ1) is 25.6. The van der Waals surface area contributed by atoms with E-state index in [9.17, 15) is 18.7 Å². The lowest BCUT2D eigenvalue weighted by molar-refractivity contribution is -0.120. The first-order valence-electron chi connectivity index (χ1n) is 9.86. The second-order valence-corrected chi connectivity index (χ2v) is 9.71. The Morgan fingerprint density at radius 3 is 1.77 bits per heavy atom. The van der Waals surface area contributed by atoms with Gasteiger partial charge < -0.3 is 9.05 Å². The van der Waals surface area contributed by atoms with E-state index in [4.69, 9.17) is 22.6 Å². The van der Waals surface area contributed by atoms with Crippen molar-refractivity contribution in [3.8, 4) is 0 Å². The molecule has 1 atom stereocenters. The number of benzene rings is 1. The van der Waals surface area contributed by atoms with Crippen LogP contribution in [-0.4, -0.2) is 38.2 Å². The summed E-state index contributed by atoms with van der Waals surface area (Å²) in [5, 5.41) is 0. The zero-order valence-electron chi connectivity index (χ0n) is 17.9. The average Bonchev–Trinajstić information content (AvgIpc) is 3.05. The number of hydrogen-bond acceptors (Lipinski definition) is 9. The number of anilines is 1. The number of phosphoric acid groups is 1. The minimum absolute atomic E-state index is 0.00396. The lowest BCUT2D eigenvalue weighted by Crippen LogP contribution is -2.31. The molecular weight excluding hydrogens is 448 g/mol. The molecule has 0 radical (unpaired) electrons. The standard InChI is InChI=1S/C19H27NO9P2/c1-5-25-30(23,26-6-2)19(29-31(24,27-7-3)28-8-4)15-11-9-10-12-16(15)20-17(21)13-14-18(20)22/h9-14,19H,5-8H2,1-4H3. The van der Waals surface area contributed by atoms with Crippen LogP contribution in [0.1, 0.15) is 39.1 Å². The molecule has 31 heavy (non-hydrogen) atoms. The molecule has 2 rings (SSSR count). The number of para-hydroxylation sites is 1. The first-order valence-corrected chi connectivity index (χ1v) is 12.9. The molecule has 172 valence electrons. The van der Waals surface area contributed by atoms with Crippen LogP contribution in [0.3, 0.4) is 0 Å². The lowest BCUT2D eigenvalue weighted by atomic mass is 10.1. The van der Waals surface area contributed by atoms with Crippen LogP contribution in [0, 0.1) is 0 Å². The molecule has 0 saturated heterocycles. The number of amides is 2. The van der Waals surface area contributed by atoms with Crippen LogP contribution in [0.4, 0.5) is 5.69 Å². The third-order valence-electron chi connectivity index (χ3n) is 3.96. The molecule has 0 bridgehead atoms. The van der Waals surface area contributed by atoms with Crippen molar-refractivity contribution in [2.24, 2.45) is 0 Å². The molecule has 1 unspecified atom stereocenters. The van der Waals surface area contributed by atoms with Crippen LogP contribution >= 0.6 is 15.4 Å². The normalized spacial score (nSPS) is 15.7. The van der Waals surface area contributed by atoms with Gasteiger partial charge in [0.05, 0.1) is 32.1 Å². The Kier molecular flexibility index (Phi) is 9.33. The molecule has 1 heterocycles. The Balaban J connectivity index is 2.66. The van der Waals surface area contributed by atoms with E-state index >= 15 is 0 Å². The van der Waals surface area contributed by atoms with Gasteiger partial charge in [0.25, 0.3) is 11.8 Å². The maximum absolute atomic E-state index is 13.7. The predicted molar refractivity (Wildman–Crippen MR) is 114 cm³/mol. The van der Waals surface area contributed by atoms with Crippen molar-refractivity contribution >= 4 is 32.9 Å². The van der Waals surface area contributed by atoms with Gasteiger partial charge in [0, 0.05) is 17.7 Å². The molecular formula is C19H27NO9P2. The van der Waals surface area contributed by atoms with E-state index in [0.29, 0.717) is 0 Å². The Hall–Kier alpha value is -1.64. The van der Waals surface area contributed by atoms with Crippen LogP contribution in [0.5, 0.6) is 0 Å². The molecule has 1 aliphatic rings. The monoisotopic (exact) mass is 475 g/mol. The quantitative estimate of drug-likeness (QED) is 0.298. The smallest absolute Gasteiger partial charge is 0.307 e. The van der Waals surface area contributed by atoms with Crippen molar-refractivity contribution in [3.63, 3.8) is 0 Å². The van der Waals surface area contributed by atoms with E-state index in [1.807, 2.05) is 0 Å². The molecule has 1 aromatic rings. The summed E-state index contributed by atoms with van der Waals surface area (Å²) in [4.78, 5) is 25.5. The van der Waals surface area contributed by atoms with Gasteiger partial charge in [-0.25, -0.2) is 9.46 Å². The molecule has 0 fully saturated rings. The van der Waals surface area contributed by atoms with Gasteiger partial charge in [-0.1, -0.05) is 18.2 Å². The highest BCUT2D eigenvalue weighted by atomic mass is 31.2. The van der Waals surface area contributed by atoms with Crippen LogP contribution in [0.25, 0.3) is 0 Å². The summed E-state index contributed by atoms with van der Waals surface area (Å²) in [7, 11) is -8.33. The number of phosphoric ester groups is 1. The van der Waals surface area contributed by atoms with Crippen LogP contribution in [0.2, 0.25) is 0 Å². The summed E-state index contributed by atoms with van der Waals surface area (Å²) < 4.78 is 53.8. The number of rotatable bonds is 13. The molecule has 0 N–H and O–H groups in total. The van der Waals surface area contributed by atoms with Crippen molar-refractivity contribution < 1.29 is 41.3 Å². The van der Waals surface area contributed by atoms with Crippen LogP contribution in [-0.2, 0) is 41.3 Å². The highest BCUT2D eigenvalue weighted by Crippen LogP contribution is 2.68. The topological polar surface area (TPSA) is 118 Å². The van der Waals surface area contributed by atoms with E-state index in [1.165, 1.54) is 12.1 Å². The van der Waals surface area contributed by atoms with E-state index in [0.717, 1.165) is 17.1 Å². The molecule has 12 heteroatoms. The summed E-state index contributed by atoms with van der Waals surface area (Å²) in [6, 6.07) is 6.13. The van der Waals surface area contributed by atoms with E-state index in [-0.39, 0.29) is 37.7 Å². The summed E-state index contributed by atoms with van der Waals surface area (Å²) in [6.07, 6.45) is 2.23. The summed E-state index contributed by atoms with van der Waals surface area (Å²) in [5.74, 6) is -2.78. The Bertz CT molecular complexity index is 879. The molecule has 1 aromatic carbocycles. The van der Waals surface area contributed by atoms with Gasteiger partial charge in [-0.05, 0) is 33.8 Å². The Morgan fingerprint density at radius 2 is 1.29 bits per heavy atom. The van der Waals surface area contributed by atoms with Gasteiger partial charge in [0.15, 0.2) is 5.85 Å². The maximum atomic E-state index is 13.7. The van der Waals surface area contributed by atoms with Crippen LogP contribution in [0.15, 0.2) is 36.4 Å². The molecule has 0 aromatic heterocycles. The number of nitrogens with zero attached hydrogens (tertiary/aromatic N) is 1. The van der Waals surface area contributed by atoms with Gasteiger partial charge in [0.2, 0.25) is 0 Å². The zero-order valence-corrected chi connectivity index (χ0v) is 19.7. The highest BCUT2D eigenvalue weighted by molar-refractivity contribution is 7.55. The fourth-order valence-electron chi connectivity index (χ4n) is 2.89.